The van der Waals surface area contributed by atoms with Crippen molar-refractivity contribution in [3.05, 3.63) is 35.4 Å². The van der Waals surface area contributed by atoms with E-state index in [2.05, 4.69) is 10.5 Å². The van der Waals surface area contributed by atoms with Gasteiger partial charge in [0.2, 0.25) is 5.91 Å². The van der Waals surface area contributed by atoms with E-state index in [1.807, 2.05) is 6.92 Å². The number of rotatable bonds is 9. The summed E-state index contributed by atoms with van der Waals surface area (Å²) in [6, 6.07) is 4.94. The number of alkyl halides is 3. The summed E-state index contributed by atoms with van der Waals surface area (Å²) < 4.78 is 38.2. The Kier molecular flexibility index (Phi) is 9.14. The highest BCUT2D eigenvalue weighted by Crippen LogP contribution is 2.29. The maximum absolute atomic E-state index is 12.7. The number of hydrogen-bond donors (Lipinski definition) is 2. The second kappa shape index (κ2) is 11.6. The molecule has 10 heteroatoms. The van der Waals surface area contributed by atoms with Gasteiger partial charge in [0.25, 0.3) is 0 Å². The Morgan fingerprint density at radius 2 is 1.97 bits per heavy atom. The van der Waals surface area contributed by atoms with Crippen molar-refractivity contribution in [2.45, 2.75) is 51.8 Å². The van der Waals surface area contributed by atoms with Crippen molar-refractivity contribution in [3.63, 3.8) is 0 Å². The topological polar surface area (TPSA) is 91.2 Å². The number of carbonyl (C=O) groups excluding carboxylic acids is 1. The van der Waals surface area contributed by atoms with Crippen molar-refractivity contribution in [3.8, 4) is 0 Å². The average Bonchev–Trinajstić information content (AvgIpc) is 2.72. The van der Waals surface area contributed by atoms with Crippen LogP contribution in [0.4, 0.5) is 18.0 Å². The molecule has 2 N–H and O–H groups in total. The van der Waals surface area contributed by atoms with Crippen LogP contribution in [-0.4, -0.2) is 47.4 Å². The Bertz CT molecular complexity index is 773. The quantitative estimate of drug-likeness (QED) is 0.558. The molecule has 1 aromatic rings. The molecule has 0 radical (unpaired) electrons. The van der Waals surface area contributed by atoms with Crippen LogP contribution in [0.5, 0.6) is 0 Å². The molecule has 1 aromatic carbocycles. The smallest absolute Gasteiger partial charge is 0.416 e. The molecule has 2 rings (SSSR count). The fourth-order valence-corrected chi connectivity index (χ4v) is 3.24. The molecule has 1 atom stereocenters. The van der Waals surface area contributed by atoms with Crippen LogP contribution < -0.4 is 5.32 Å². The van der Waals surface area contributed by atoms with Crippen molar-refractivity contribution in [2.24, 2.45) is 11.1 Å². The molecule has 31 heavy (non-hydrogen) atoms. The largest absolute Gasteiger partial charge is 0.465 e. The van der Waals surface area contributed by atoms with Gasteiger partial charge in [-0.1, -0.05) is 24.2 Å². The molecule has 0 aromatic heterocycles. The van der Waals surface area contributed by atoms with Crippen LogP contribution in [0.15, 0.2) is 29.4 Å². The Morgan fingerprint density at radius 1 is 1.26 bits per heavy atom. The van der Waals surface area contributed by atoms with Crippen molar-refractivity contribution >= 4 is 17.7 Å². The van der Waals surface area contributed by atoms with E-state index < -0.39 is 17.8 Å². The summed E-state index contributed by atoms with van der Waals surface area (Å²) in [6.45, 7) is 3.36. The summed E-state index contributed by atoms with van der Waals surface area (Å²) in [5.41, 5.74) is 0.448. The molecule has 0 spiro atoms. The first-order valence-corrected chi connectivity index (χ1v) is 10.2. The van der Waals surface area contributed by atoms with Gasteiger partial charge in [-0.15, -0.1) is 0 Å². The maximum atomic E-state index is 12.7. The van der Waals surface area contributed by atoms with Crippen LogP contribution in [-0.2, 0) is 22.4 Å². The number of oxime groups is 1. The molecule has 0 bridgehead atoms. The highest BCUT2D eigenvalue weighted by atomic mass is 19.4. The predicted octanol–water partition coefficient (Wildman–Crippen LogP) is 4.27. The maximum Gasteiger partial charge on any atom is 0.416 e. The van der Waals surface area contributed by atoms with E-state index in [1.54, 1.807) is 11.0 Å². The van der Waals surface area contributed by atoms with Crippen LogP contribution in [0.25, 0.3) is 0 Å². The molecule has 1 saturated heterocycles. The van der Waals surface area contributed by atoms with Gasteiger partial charge < -0.3 is 20.2 Å². The van der Waals surface area contributed by atoms with Crippen LogP contribution in [0.3, 0.4) is 0 Å². The average molecular weight is 443 g/mol. The minimum atomic E-state index is -4.39. The molecule has 0 aliphatic carbocycles. The first-order chi connectivity index (χ1) is 14.6. The first-order valence-electron chi connectivity index (χ1n) is 10.2. The predicted molar refractivity (Wildman–Crippen MR) is 109 cm³/mol. The third kappa shape index (κ3) is 8.85. The molecule has 1 aliphatic heterocycles. The summed E-state index contributed by atoms with van der Waals surface area (Å²) >= 11 is 0. The molecule has 1 aliphatic rings. The number of halogens is 3. The van der Waals surface area contributed by atoms with Gasteiger partial charge in [0.1, 0.15) is 6.61 Å². The SMILES string of the molecule is C[C@@H](CCNC(=O)O)CCC(=O)N1CCC(=NOCc2cccc(C(F)(F)F)c2)CC1. The fraction of sp³-hybridized carbons (Fsp3) is 0.571. The molecule has 2 amide bonds. The van der Waals surface area contributed by atoms with Crippen molar-refractivity contribution in [1.29, 1.82) is 0 Å². The minimum Gasteiger partial charge on any atom is -0.465 e. The van der Waals surface area contributed by atoms with E-state index in [9.17, 15) is 22.8 Å². The second-order valence-electron chi connectivity index (χ2n) is 7.67. The summed E-state index contributed by atoms with van der Waals surface area (Å²) in [4.78, 5) is 29.8. The van der Waals surface area contributed by atoms with E-state index in [-0.39, 0.29) is 18.4 Å². The highest BCUT2D eigenvalue weighted by molar-refractivity contribution is 5.87. The number of amides is 2. The molecule has 172 valence electrons. The van der Waals surface area contributed by atoms with Crippen LogP contribution in [0.2, 0.25) is 0 Å². The summed E-state index contributed by atoms with van der Waals surface area (Å²) in [7, 11) is 0. The Labute approximate surface area is 179 Å². The molecule has 1 fully saturated rings. The Balaban J connectivity index is 1.69. The molecule has 0 saturated carbocycles. The molecule has 0 unspecified atom stereocenters. The van der Waals surface area contributed by atoms with Gasteiger partial charge in [-0.25, -0.2) is 4.79 Å². The van der Waals surface area contributed by atoms with Crippen LogP contribution in [0, 0.1) is 5.92 Å². The normalized spacial score (nSPS) is 15.4. The van der Waals surface area contributed by atoms with Gasteiger partial charge in [0.15, 0.2) is 0 Å². The number of carboxylic acid groups (broad SMARTS) is 1. The third-order valence-corrected chi connectivity index (χ3v) is 5.14. The first kappa shape index (κ1) is 24.5. The zero-order valence-corrected chi connectivity index (χ0v) is 17.5. The van der Waals surface area contributed by atoms with Crippen molar-refractivity contribution in [1.82, 2.24) is 10.2 Å². The molecular formula is C21H28F3N3O4. The fourth-order valence-electron chi connectivity index (χ4n) is 3.24. The monoisotopic (exact) mass is 443 g/mol. The lowest BCUT2D eigenvalue weighted by atomic mass is 10.0. The number of likely N-dealkylation sites (tertiary alicyclic amines) is 1. The van der Waals surface area contributed by atoms with Crippen LogP contribution >= 0.6 is 0 Å². The number of nitrogens with zero attached hydrogens (tertiary/aromatic N) is 2. The van der Waals surface area contributed by atoms with Gasteiger partial charge in [-0.05, 0) is 36.5 Å². The highest BCUT2D eigenvalue weighted by Gasteiger charge is 2.30. The Morgan fingerprint density at radius 3 is 2.61 bits per heavy atom. The number of benzene rings is 1. The second-order valence-corrected chi connectivity index (χ2v) is 7.67. The molecule has 7 nitrogen and oxygen atoms in total. The Hall–Kier alpha value is -2.78. The van der Waals surface area contributed by atoms with Crippen molar-refractivity contribution in [2.75, 3.05) is 19.6 Å². The summed E-state index contributed by atoms with van der Waals surface area (Å²) in [5, 5.41) is 14.9. The number of nitrogens with one attached hydrogen (secondary N) is 1. The zero-order chi connectivity index (χ0) is 22.9. The van der Waals surface area contributed by atoms with E-state index in [1.165, 1.54) is 6.07 Å². The van der Waals surface area contributed by atoms with Gasteiger partial charge in [-0.2, -0.15) is 13.2 Å². The van der Waals surface area contributed by atoms with Gasteiger partial charge in [-0.3, -0.25) is 4.79 Å². The van der Waals surface area contributed by atoms with E-state index in [0.717, 1.165) is 17.8 Å². The summed E-state index contributed by atoms with van der Waals surface area (Å²) in [6.07, 6.45) is -2.54. The minimum absolute atomic E-state index is 0.0509. The third-order valence-electron chi connectivity index (χ3n) is 5.14. The molecular weight excluding hydrogens is 415 g/mol. The van der Waals surface area contributed by atoms with Crippen molar-refractivity contribution < 1.29 is 32.7 Å². The van der Waals surface area contributed by atoms with E-state index in [0.29, 0.717) is 57.3 Å². The lowest BCUT2D eigenvalue weighted by Crippen LogP contribution is -2.38. The number of hydrogen-bond acceptors (Lipinski definition) is 4. The van der Waals surface area contributed by atoms with E-state index in [4.69, 9.17) is 9.94 Å². The van der Waals surface area contributed by atoms with Gasteiger partial charge in [0, 0.05) is 38.9 Å². The summed E-state index contributed by atoms with van der Waals surface area (Å²) in [5.74, 6) is 0.295. The standard InChI is InChI=1S/C21H28F3N3O4/c1-15(7-10-25-20(29)30)5-6-19(28)27-11-8-18(9-12-27)26-31-14-16-3-2-4-17(13-16)21(22,23)24/h2-4,13,15,25H,5-12,14H2,1H3,(H,29,30)/t15-/m1/s1. The van der Waals surface area contributed by atoms with Crippen LogP contribution in [0.1, 0.15) is 50.2 Å². The zero-order valence-electron chi connectivity index (χ0n) is 17.5. The lowest BCUT2D eigenvalue weighted by Gasteiger charge is -2.28. The number of carbonyl (C=O) groups is 2. The number of piperidine rings is 1. The van der Waals surface area contributed by atoms with Gasteiger partial charge in [0.05, 0.1) is 11.3 Å². The lowest BCUT2D eigenvalue weighted by molar-refractivity contribution is -0.137. The van der Waals surface area contributed by atoms with Gasteiger partial charge >= 0.3 is 12.3 Å². The molecule has 1 heterocycles. The van der Waals surface area contributed by atoms with E-state index >= 15 is 0 Å².